The molecule has 4 aliphatic rings. The van der Waals surface area contributed by atoms with Crippen molar-refractivity contribution in [3.8, 4) is 0 Å². The number of halogens is 1. The number of hydrogen-bond donors (Lipinski definition) is 0. The van der Waals surface area contributed by atoms with E-state index in [0.29, 0.717) is 63.2 Å². The molecule has 0 saturated heterocycles. The molecule has 0 aliphatic heterocycles. The lowest BCUT2D eigenvalue weighted by Gasteiger charge is -2.26. The highest BCUT2D eigenvalue weighted by molar-refractivity contribution is 8.32. The average molecular weight is 1360 g/mol. The zero-order valence-electron chi connectivity index (χ0n) is 47.5. The summed E-state index contributed by atoms with van der Waals surface area (Å²) >= 11 is 5.67. The molecule has 0 heterocycles. The van der Waals surface area contributed by atoms with Gasteiger partial charge in [0.05, 0.1) is 40.4 Å². The Hall–Kier alpha value is -4.93. The first kappa shape index (κ1) is 72.5. The van der Waals surface area contributed by atoms with Crippen molar-refractivity contribution in [3.05, 3.63) is 112 Å². The number of sulfone groups is 8. The van der Waals surface area contributed by atoms with Gasteiger partial charge >= 0.3 is 17.5 Å². The molecule has 470 valence electrons. The highest BCUT2D eigenvalue weighted by atomic mass is 35.5. The fourth-order valence-corrected chi connectivity index (χ4v) is 26.5. The first-order valence-electron chi connectivity index (χ1n) is 27.1. The van der Waals surface area contributed by atoms with Gasteiger partial charge in [-0.3, -0.25) is 0 Å². The summed E-state index contributed by atoms with van der Waals surface area (Å²) in [6.45, 7) is 8.10. The third-order valence-corrected chi connectivity index (χ3v) is 34.8. The van der Waals surface area contributed by atoms with Crippen molar-refractivity contribution in [1.29, 1.82) is 0 Å². The Bertz CT molecular complexity index is 3920. The SMILES string of the molecule is CC(C)(C)S(=O)(=O)C(=[N+]=[N-])S(=O)(=O)c1ccccc1.CC1CCC(S(=O)(=O)C(=[N+]=[N-])S(=O)(=O)C2CCC(C)CC2)CC1.[N-]=[N+]=C(S(=O)(=O)C1CCCCC1)S(=O)(=O)C1CCCCC1.[N-]=[N+]=C(S(=O)(=O)c1ccccc1)S(=O)(=O)c1ccc(Cl)cc1. The maximum atomic E-state index is 12.7. The van der Waals surface area contributed by atoms with E-state index in [9.17, 15) is 72.9 Å². The number of hydrogen-bond acceptors (Lipinski definition) is 16. The second kappa shape index (κ2) is 29.8. The van der Waals surface area contributed by atoms with Crippen LogP contribution in [0, 0.1) is 11.8 Å². The highest BCUT2D eigenvalue weighted by Gasteiger charge is 2.53. The zero-order chi connectivity index (χ0) is 64.0. The summed E-state index contributed by atoms with van der Waals surface area (Å²) < 4.78 is 193. The molecule has 0 atom stereocenters. The standard InChI is InChI=1S/C15H26N2O4S2.C13H9ClN2O4S2.C13H22N2O4S2.C11H14N2O4S2/c1-11-3-7-13(8-4-11)22(18,19)15(17-16)23(20,21)14-9-5-12(2)6-10-14;14-10-6-8-12(9-7-10)22(19,20)13(16-15)21(17,18)11-4-2-1-3-5-11;14-15-13(20(16,17)11-7-3-1-4-8-11)21(18,19)12-9-5-2-6-10-12;1-11(2,3)19(16,17)10(13-12)18(14,15)9-7-5-4-6-8-9/h11-14H,3-10H2,1-2H3;1-9H;11-12H,1-10H2;4-8H,1-3H3. The van der Waals surface area contributed by atoms with Gasteiger partial charge in [-0.1, -0.05) is 100 Å². The van der Waals surface area contributed by atoms with E-state index >= 15 is 0 Å². The molecule has 0 spiro atoms. The lowest BCUT2D eigenvalue weighted by Crippen LogP contribution is -2.41. The molecular formula is C52H71ClN8O16S8. The Morgan fingerprint density at radius 2 is 0.624 bits per heavy atom. The third kappa shape index (κ3) is 17.4. The van der Waals surface area contributed by atoms with E-state index in [1.807, 2.05) is 0 Å². The Kier molecular flexibility index (Phi) is 25.5. The van der Waals surface area contributed by atoms with Crippen LogP contribution in [-0.2, 0) is 78.7 Å². The molecule has 4 saturated carbocycles. The van der Waals surface area contributed by atoms with E-state index in [-0.39, 0.29) is 19.7 Å². The Morgan fingerprint density at radius 3 is 0.894 bits per heavy atom. The second-order valence-electron chi connectivity index (χ2n) is 22.1. The topological polar surface area (TPSA) is 419 Å². The quantitative estimate of drug-likeness (QED) is 0.0933. The van der Waals surface area contributed by atoms with Crippen molar-refractivity contribution in [1.82, 2.24) is 0 Å². The van der Waals surface area contributed by atoms with E-state index in [1.54, 1.807) is 12.1 Å². The minimum atomic E-state index is -4.52. The molecule has 3 aromatic rings. The monoisotopic (exact) mass is 1350 g/mol. The fourth-order valence-electron chi connectivity index (χ4n) is 9.83. The maximum absolute atomic E-state index is 12.7. The first-order valence-corrected chi connectivity index (χ1v) is 39.6. The lowest BCUT2D eigenvalue weighted by molar-refractivity contribution is 0.00327. The molecule has 0 bridgehead atoms. The lowest BCUT2D eigenvalue weighted by atomic mass is 9.91. The van der Waals surface area contributed by atoms with Crippen LogP contribution in [0.4, 0.5) is 0 Å². The Labute approximate surface area is 505 Å². The number of benzene rings is 3. The van der Waals surface area contributed by atoms with Crippen LogP contribution < -0.4 is 0 Å². The zero-order valence-corrected chi connectivity index (χ0v) is 54.8. The molecular weight excluding hydrogens is 1280 g/mol. The summed E-state index contributed by atoms with van der Waals surface area (Å²) in [6.07, 6.45) is 11.5. The van der Waals surface area contributed by atoms with Gasteiger partial charge in [-0.15, -0.1) is 19.2 Å². The molecule has 33 heteroatoms. The van der Waals surface area contributed by atoms with E-state index in [0.717, 1.165) is 76.3 Å². The maximum Gasteiger partial charge on any atom is 0.504 e. The van der Waals surface area contributed by atoms with Crippen molar-refractivity contribution in [2.24, 2.45) is 11.8 Å². The molecule has 0 radical (unpaired) electrons. The van der Waals surface area contributed by atoms with Crippen LogP contribution in [0.25, 0.3) is 22.1 Å². The summed E-state index contributed by atoms with van der Waals surface area (Å²) in [5.41, 5.74) is 36.1. The van der Waals surface area contributed by atoms with Crippen molar-refractivity contribution in [2.45, 2.75) is 191 Å². The molecule has 4 fully saturated rings. The minimum absolute atomic E-state index is 0.240. The highest BCUT2D eigenvalue weighted by Crippen LogP contribution is 2.35. The van der Waals surface area contributed by atoms with Crippen LogP contribution in [0.15, 0.2) is 99.6 Å². The average Bonchev–Trinajstić information content (AvgIpc) is 3.64. The third-order valence-electron chi connectivity index (χ3n) is 15.0. The van der Waals surface area contributed by atoms with Gasteiger partial charge in [0, 0.05) is 5.02 Å². The Balaban J connectivity index is 0.000000244. The van der Waals surface area contributed by atoms with Gasteiger partial charge in [-0.2, -0.15) is 0 Å². The summed E-state index contributed by atoms with van der Waals surface area (Å²) in [5, 5.41) is -2.66. The molecule has 0 amide bonds. The molecule has 0 N–H and O–H groups in total. The molecule has 24 nitrogen and oxygen atoms in total. The van der Waals surface area contributed by atoms with Gasteiger partial charge in [0.25, 0.3) is 78.7 Å². The molecule has 0 aromatic heterocycles. The predicted molar refractivity (Wildman–Crippen MR) is 321 cm³/mol. The van der Waals surface area contributed by atoms with Gasteiger partial charge < -0.3 is 22.1 Å². The van der Waals surface area contributed by atoms with Crippen LogP contribution in [0.2, 0.25) is 5.02 Å². The van der Waals surface area contributed by atoms with Crippen LogP contribution in [0.3, 0.4) is 0 Å². The molecule has 7 rings (SSSR count). The van der Waals surface area contributed by atoms with Gasteiger partial charge in [0.2, 0.25) is 0 Å². The predicted octanol–water partition coefficient (Wildman–Crippen LogP) is 8.06. The summed E-state index contributed by atoms with van der Waals surface area (Å²) in [6, 6.07) is 18.6. The Morgan fingerprint density at radius 1 is 0.365 bits per heavy atom. The smallest absolute Gasteiger partial charge is 0.359 e. The van der Waals surface area contributed by atoms with Crippen molar-refractivity contribution >= 4 is 108 Å². The van der Waals surface area contributed by atoms with E-state index < -0.39 is 122 Å². The van der Waals surface area contributed by atoms with E-state index in [2.05, 4.69) is 33.0 Å². The van der Waals surface area contributed by atoms with Crippen molar-refractivity contribution in [3.63, 3.8) is 0 Å². The van der Waals surface area contributed by atoms with Crippen LogP contribution in [0.5, 0.6) is 0 Å². The molecule has 0 unspecified atom stereocenters. The van der Waals surface area contributed by atoms with E-state index in [4.69, 9.17) is 28.2 Å². The molecule has 3 aromatic carbocycles. The van der Waals surface area contributed by atoms with Crippen LogP contribution in [-0.4, -0.2) is 130 Å². The summed E-state index contributed by atoms with van der Waals surface area (Å²) in [5.74, 6) is 0.903. The minimum Gasteiger partial charge on any atom is -0.359 e. The number of rotatable bonds is 7. The van der Waals surface area contributed by atoms with Gasteiger partial charge in [-0.05, 0) is 158 Å². The summed E-state index contributed by atoms with van der Waals surface area (Å²) in [7, 11) is -34.0. The van der Waals surface area contributed by atoms with Crippen molar-refractivity contribution < 1.29 is 86.5 Å². The van der Waals surface area contributed by atoms with Gasteiger partial charge in [0.15, 0.2) is 0 Å². The number of nitrogens with zero attached hydrogens (tertiary/aromatic N) is 8. The first-order chi connectivity index (χ1) is 39.4. The van der Waals surface area contributed by atoms with Gasteiger partial charge in [-0.25, -0.2) is 67.3 Å². The molecule has 4 aliphatic carbocycles. The van der Waals surface area contributed by atoms with Gasteiger partial charge in [0.1, 0.15) is 0 Å². The van der Waals surface area contributed by atoms with Crippen LogP contribution in [0.1, 0.15) is 150 Å². The van der Waals surface area contributed by atoms with Crippen LogP contribution >= 0.6 is 11.6 Å². The second-order valence-corrected chi connectivity index (χ2v) is 40.4. The van der Waals surface area contributed by atoms with E-state index in [1.165, 1.54) is 81.4 Å². The largest absolute Gasteiger partial charge is 0.504 e. The summed E-state index contributed by atoms with van der Waals surface area (Å²) in [4.78, 5) is 9.64. The van der Waals surface area contributed by atoms with Crippen molar-refractivity contribution in [2.75, 3.05) is 0 Å². The molecule has 85 heavy (non-hydrogen) atoms. The fraction of sp³-hybridized carbons (Fsp3) is 0.577. The normalized spacial score (nSPS) is 20.4.